The fourth-order valence-corrected chi connectivity index (χ4v) is 5.61. The summed E-state index contributed by atoms with van der Waals surface area (Å²) in [7, 11) is 0. The van der Waals surface area contributed by atoms with Crippen LogP contribution in [0.3, 0.4) is 0 Å². The summed E-state index contributed by atoms with van der Waals surface area (Å²) in [5.41, 5.74) is 2.79. The van der Waals surface area contributed by atoms with E-state index >= 15 is 0 Å². The third-order valence-corrected chi connectivity index (χ3v) is 7.53. The van der Waals surface area contributed by atoms with Crippen molar-refractivity contribution in [2.45, 2.75) is 58.1 Å². The molecule has 2 aromatic heterocycles. The molecule has 2 aromatic rings. The van der Waals surface area contributed by atoms with E-state index in [0.717, 1.165) is 55.4 Å². The Hall–Kier alpha value is -1.80. The minimum atomic E-state index is 0.124. The maximum Gasteiger partial charge on any atom is 0.265 e. The van der Waals surface area contributed by atoms with Gasteiger partial charge in [-0.25, -0.2) is 4.68 Å². The van der Waals surface area contributed by atoms with Crippen LogP contribution >= 0.6 is 11.3 Å². The van der Waals surface area contributed by atoms with Gasteiger partial charge in [0.05, 0.1) is 29.5 Å². The van der Waals surface area contributed by atoms with Crippen molar-refractivity contribution < 1.29 is 9.53 Å². The van der Waals surface area contributed by atoms with Crippen LogP contribution < -0.4 is 0 Å². The molecule has 8 heteroatoms. The third-order valence-electron chi connectivity index (χ3n) is 6.77. The summed E-state index contributed by atoms with van der Waals surface area (Å²) in [6, 6.07) is 0.205. The third kappa shape index (κ3) is 4.30. The van der Waals surface area contributed by atoms with Crippen LogP contribution in [0.4, 0.5) is 0 Å². The fourth-order valence-electron chi connectivity index (χ4n) is 5.02. The molecule has 2 aliphatic carbocycles. The molecule has 0 unspecified atom stereocenters. The van der Waals surface area contributed by atoms with Crippen molar-refractivity contribution >= 4 is 17.2 Å². The summed E-state index contributed by atoms with van der Waals surface area (Å²) in [5, 5.41) is 8.92. The molecular formula is C22H31N5O2S. The van der Waals surface area contributed by atoms with Crippen molar-refractivity contribution in [3.8, 4) is 0 Å². The van der Waals surface area contributed by atoms with Gasteiger partial charge in [0.25, 0.3) is 5.91 Å². The normalized spacial score (nSPS) is 28.8. The van der Waals surface area contributed by atoms with Crippen LogP contribution in [-0.2, 0) is 11.2 Å². The van der Waals surface area contributed by atoms with Gasteiger partial charge in [-0.05, 0) is 55.8 Å². The average molecular weight is 430 g/mol. The molecule has 1 saturated heterocycles. The molecule has 30 heavy (non-hydrogen) atoms. The number of likely N-dealkylation sites (tertiary alicyclic amines) is 1. The number of ether oxygens (including phenoxy) is 1. The monoisotopic (exact) mass is 429 g/mol. The fraction of sp³-hybridized carbons (Fsp3) is 0.727. The van der Waals surface area contributed by atoms with Gasteiger partial charge in [0.15, 0.2) is 0 Å². The largest absolute Gasteiger partial charge is 0.376 e. The number of rotatable bonds is 7. The Labute approximate surface area is 181 Å². The highest BCUT2D eigenvalue weighted by atomic mass is 32.1. The van der Waals surface area contributed by atoms with Crippen LogP contribution in [0.5, 0.6) is 0 Å². The van der Waals surface area contributed by atoms with Gasteiger partial charge in [0.2, 0.25) is 0 Å². The number of fused-ring (bicyclic) bond motifs is 1. The Morgan fingerprint density at radius 1 is 1.27 bits per heavy atom. The van der Waals surface area contributed by atoms with E-state index in [-0.39, 0.29) is 18.1 Å². The maximum absolute atomic E-state index is 12.9. The lowest BCUT2D eigenvalue weighted by atomic mass is 9.77. The first-order valence-electron chi connectivity index (χ1n) is 11.3. The van der Waals surface area contributed by atoms with Crippen LogP contribution in [-0.4, -0.2) is 56.6 Å². The maximum atomic E-state index is 12.9. The second kappa shape index (κ2) is 8.38. The minimum Gasteiger partial charge on any atom is -0.376 e. The van der Waals surface area contributed by atoms with Crippen LogP contribution in [0, 0.1) is 23.7 Å². The molecule has 4 atom stereocenters. The summed E-state index contributed by atoms with van der Waals surface area (Å²) >= 11 is 1.43. The van der Waals surface area contributed by atoms with Crippen LogP contribution in [0.25, 0.3) is 0 Å². The van der Waals surface area contributed by atoms with E-state index in [1.807, 2.05) is 4.90 Å². The molecular weight excluding hydrogens is 398 g/mol. The van der Waals surface area contributed by atoms with Gasteiger partial charge in [0, 0.05) is 25.9 Å². The molecule has 162 valence electrons. The highest BCUT2D eigenvalue weighted by molar-refractivity contribution is 7.11. The standard InChI is InChI=1S/C22H31N5O2S/c1-14(2)5-18-11-27(25-24-18)19-6-16-9-26(22(28)21-8-23-13-30-21)10-17(16)7-20(19)29-12-15-3-4-15/h8,11,13-17,19-20H,3-7,9-10,12H2,1-2H3/t16-,17+,19-,20-/m1/s1. The molecule has 3 fully saturated rings. The second-order valence-electron chi connectivity index (χ2n) is 9.74. The van der Waals surface area contributed by atoms with E-state index in [1.54, 1.807) is 11.7 Å². The minimum absolute atomic E-state index is 0.124. The molecule has 1 amide bonds. The molecule has 3 aliphatic rings. The van der Waals surface area contributed by atoms with Crippen LogP contribution in [0.1, 0.15) is 60.9 Å². The molecule has 3 heterocycles. The number of carbonyl (C=O) groups is 1. The molecule has 0 N–H and O–H groups in total. The second-order valence-corrected chi connectivity index (χ2v) is 10.6. The summed E-state index contributed by atoms with van der Waals surface area (Å²) in [5.74, 6) is 2.42. The van der Waals surface area contributed by atoms with E-state index in [1.165, 1.54) is 24.2 Å². The lowest BCUT2D eigenvalue weighted by molar-refractivity contribution is -0.0375. The number of carbonyl (C=O) groups excluding carboxylic acids is 1. The molecule has 1 aliphatic heterocycles. The summed E-state index contributed by atoms with van der Waals surface area (Å²) in [6.45, 7) is 6.92. The number of nitrogens with zero attached hydrogens (tertiary/aromatic N) is 5. The van der Waals surface area contributed by atoms with Gasteiger partial charge < -0.3 is 9.64 Å². The highest BCUT2D eigenvalue weighted by Crippen LogP contribution is 2.43. The van der Waals surface area contributed by atoms with E-state index in [9.17, 15) is 4.79 Å². The average Bonchev–Trinajstić information content (AvgIpc) is 3.13. The zero-order valence-electron chi connectivity index (χ0n) is 17.8. The predicted octanol–water partition coefficient (Wildman–Crippen LogP) is 3.45. The van der Waals surface area contributed by atoms with Gasteiger partial charge in [-0.15, -0.1) is 16.4 Å². The zero-order chi connectivity index (χ0) is 20.7. The Kier molecular flexibility index (Phi) is 5.62. The van der Waals surface area contributed by atoms with Gasteiger partial charge >= 0.3 is 0 Å². The molecule has 7 nitrogen and oxygen atoms in total. The van der Waals surface area contributed by atoms with Crippen LogP contribution in [0.2, 0.25) is 0 Å². The number of amides is 1. The van der Waals surface area contributed by atoms with Crippen molar-refractivity contribution in [2.75, 3.05) is 19.7 Å². The Balaban J connectivity index is 1.31. The highest BCUT2D eigenvalue weighted by Gasteiger charge is 2.45. The lowest BCUT2D eigenvalue weighted by Gasteiger charge is -2.37. The van der Waals surface area contributed by atoms with Crippen molar-refractivity contribution in [3.63, 3.8) is 0 Å². The number of aromatic nitrogens is 4. The van der Waals surface area contributed by atoms with Gasteiger partial charge in [-0.3, -0.25) is 9.78 Å². The smallest absolute Gasteiger partial charge is 0.265 e. The SMILES string of the molecule is CC(C)Cc1cn([C@@H]2C[C@@H]3CN(C(=O)c4cncs4)C[C@@H]3C[C@H]2OCC2CC2)nn1. The summed E-state index contributed by atoms with van der Waals surface area (Å²) in [4.78, 5) is 19.7. The van der Waals surface area contributed by atoms with Crippen LogP contribution in [0.15, 0.2) is 17.9 Å². The first-order chi connectivity index (χ1) is 14.6. The zero-order valence-corrected chi connectivity index (χ0v) is 18.6. The topological polar surface area (TPSA) is 73.1 Å². The lowest BCUT2D eigenvalue weighted by Crippen LogP contribution is -2.38. The first-order valence-corrected chi connectivity index (χ1v) is 12.1. The Morgan fingerprint density at radius 2 is 2.07 bits per heavy atom. The van der Waals surface area contributed by atoms with E-state index in [0.29, 0.717) is 17.8 Å². The summed E-state index contributed by atoms with van der Waals surface area (Å²) < 4.78 is 8.50. The molecule has 0 spiro atoms. The van der Waals surface area contributed by atoms with Crippen molar-refractivity contribution in [3.05, 3.63) is 28.5 Å². The van der Waals surface area contributed by atoms with Crippen molar-refractivity contribution in [1.29, 1.82) is 0 Å². The Bertz CT molecular complexity index is 863. The number of thiazole rings is 1. The molecule has 0 bridgehead atoms. The number of hydrogen-bond donors (Lipinski definition) is 0. The van der Waals surface area contributed by atoms with Crippen molar-refractivity contribution in [2.24, 2.45) is 23.7 Å². The van der Waals surface area contributed by atoms with Crippen molar-refractivity contribution in [1.82, 2.24) is 24.9 Å². The predicted molar refractivity (Wildman–Crippen MR) is 114 cm³/mol. The Morgan fingerprint density at radius 3 is 2.77 bits per heavy atom. The quantitative estimate of drug-likeness (QED) is 0.674. The molecule has 0 radical (unpaired) electrons. The molecule has 5 rings (SSSR count). The summed E-state index contributed by atoms with van der Waals surface area (Å²) in [6.07, 6.45) is 9.48. The van der Waals surface area contributed by atoms with Gasteiger partial charge in [-0.1, -0.05) is 19.1 Å². The van der Waals surface area contributed by atoms with Gasteiger partial charge in [0.1, 0.15) is 4.88 Å². The van der Waals surface area contributed by atoms with E-state index in [2.05, 4.69) is 40.0 Å². The number of hydrogen-bond acceptors (Lipinski definition) is 6. The first kappa shape index (κ1) is 20.1. The molecule has 2 saturated carbocycles. The van der Waals surface area contributed by atoms with E-state index < -0.39 is 0 Å². The van der Waals surface area contributed by atoms with Gasteiger partial charge in [-0.2, -0.15) is 0 Å². The van der Waals surface area contributed by atoms with E-state index in [4.69, 9.17) is 4.74 Å². The molecule has 0 aromatic carbocycles.